The molecule has 1 fully saturated rings. The number of amides is 1. The first-order valence-electron chi connectivity index (χ1n) is 6.72. The van der Waals surface area contributed by atoms with Crippen molar-refractivity contribution in [2.45, 2.75) is 33.1 Å². The smallest absolute Gasteiger partial charge is 0.233 e. The van der Waals surface area contributed by atoms with Crippen molar-refractivity contribution in [3.05, 3.63) is 22.3 Å². The topological polar surface area (TPSA) is 54.0 Å². The Kier molecular flexibility index (Phi) is 4.58. The molecule has 1 aliphatic heterocycles. The van der Waals surface area contributed by atoms with Crippen molar-refractivity contribution >= 4 is 27.7 Å². The van der Waals surface area contributed by atoms with Gasteiger partial charge in [0.15, 0.2) is 0 Å². The molecule has 104 valence electrons. The number of nitrogens with one attached hydrogen (secondary N) is 2. The summed E-state index contributed by atoms with van der Waals surface area (Å²) in [5, 5.41) is 6.32. The lowest BCUT2D eigenvalue weighted by Crippen LogP contribution is -2.47. The Morgan fingerprint density at radius 2 is 2.42 bits per heavy atom. The molecule has 19 heavy (non-hydrogen) atoms. The molecule has 0 saturated carbocycles. The summed E-state index contributed by atoms with van der Waals surface area (Å²) >= 11 is 3.38. The monoisotopic (exact) mass is 325 g/mol. The van der Waals surface area contributed by atoms with Gasteiger partial charge in [0.25, 0.3) is 0 Å². The Labute approximate surface area is 122 Å². The number of nitrogens with zero attached hydrogens (tertiary/aromatic N) is 1. The van der Waals surface area contributed by atoms with E-state index >= 15 is 0 Å². The Hall–Kier alpha value is -0.940. The first-order valence-corrected chi connectivity index (χ1v) is 7.51. The van der Waals surface area contributed by atoms with E-state index in [0.717, 1.165) is 42.4 Å². The Morgan fingerprint density at radius 1 is 1.63 bits per heavy atom. The molecule has 1 saturated heterocycles. The predicted molar refractivity (Wildman–Crippen MR) is 80.1 cm³/mol. The molecular weight excluding hydrogens is 306 g/mol. The Balaban J connectivity index is 2.15. The molecule has 4 nitrogen and oxygen atoms in total. The van der Waals surface area contributed by atoms with E-state index in [2.05, 4.69) is 38.5 Å². The van der Waals surface area contributed by atoms with Gasteiger partial charge in [0.1, 0.15) is 5.82 Å². The van der Waals surface area contributed by atoms with Crippen LogP contribution in [0.3, 0.4) is 0 Å². The molecule has 0 spiro atoms. The molecule has 1 aromatic heterocycles. The quantitative estimate of drug-likeness (QED) is 0.898. The third kappa shape index (κ3) is 3.15. The van der Waals surface area contributed by atoms with Gasteiger partial charge in [0.2, 0.25) is 5.91 Å². The molecule has 0 radical (unpaired) electrons. The van der Waals surface area contributed by atoms with E-state index < -0.39 is 0 Å². The fraction of sp³-hybridized carbons (Fsp3) is 0.571. The number of piperidine rings is 1. The van der Waals surface area contributed by atoms with E-state index in [0.29, 0.717) is 5.82 Å². The normalized spacial score (nSPS) is 23.1. The zero-order valence-corrected chi connectivity index (χ0v) is 13.0. The third-order valence-corrected chi connectivity index (χ3v) is 4.34. The number of carbonyl (C=O) groups is 1. The molecule has 1 atom stereocenters. The highest BCUT2D eigenvalue weighted by Crippen LogP contribution is 2.31. The lowest BCUT2D eigenvalue weighted by Gasteiger charge is -2.35. The summed E-state index contributed by atoms with van der Waals surface area (Å²) in [6.45, 7) is 5.79. The first-order chi connectivity index (χ1) is 9.07. The van der Waals surface area contributed by atoms with Crippen LogP contribution in [0.25, 0.3) is 0 Å². The van der Waals surface area contributed by atoms with Crippen molar-refractivity contribution in [2.75, 3.05) is 18.4 Å². The van der Waals surface area contributed by atoms with Crippen molar-refractivity contribution in [1.29, 1.82) is 0 Å². The summed E-state index contributed by atoms with van der Waals surface area (Å²) in [7, 11) is 0. The molecule has 1 aromatic rings. The van der Waals surface area contributed by atoms with E-state index in [1.54, 1.807) is 6.20 Å². The number of rotatable bonds is 3. The largest absolute Gasteiger partial charge is 0.316 e. The summed E-state index contributed by atoms with van der Waals surface area (Å²) < 4.78 is 0.924. The number of hydrogen-bond acceptors (Lipinski definition) is 3. The molecule has 1 aliphatic rings. The van der Waals surface area contributed by atoms with Gasteiger partial charge in [-0.2, -0.15) is 0 Å². The minimum absolute atomic E-state index is 0.0834. The van der Waals surface area contributed by atoms with Crippen LogP contribution in [0, 0.1) is 12.3 Å². The SMILES string of the molecule is CCC1(C(=O)Nc2ncc(Br)cc2C)CCCNC1. The van der Waals surface area contributed by atoms with E-state index in [-0.39, 0.29) is 11.3 Å². The number of aromatic nitrogens is 1. The van der Waals surface area contributed by atoms with Crippen molar-refractivity contribution in [3.63, 3.8) is 0 Å². The number of pyridine rings is 1. The molecule has 1 unspecified atom stereocenters. The van der Waals surface area contributed by atoms with E-state index in [9.17, 15) is 4.79 Å². The van der Waals surface area contributed by atoms with Crippen molar-refractivity contribution < 1.29 is 4.79 Å². The molecule has 2 N–H and O–H groups in total. The van der Waals surface area contributed by atoms with Crippen LogP contribution in [0.2, 0.25) is 0 Å². The van der Waals surface area contributed by atoms with Crippen LogP contribution >= 0.6 is 15.9 Å². The van der Waals surface area contributed by atoms with E-state index in [1.807, 2.05) is 13.0 Å². The second-order valence-electron chi connectivity index (χ2n) is 5.19. The third-order valence-electron chi connectivity index (χ3n) is 3.91. The van der Waals surface area contributed by atoms with Crippen LogP contribution < -0.4 is 10.6 Å². The number of aryl methyl sites for hydroxylation is 1. The maximum Gasteiger partial charge on any atom is 0.233 e. The van der Waals surface area contributed by atoms with E-state index in [4.69, 9.17) is 0 Å². The predicted octanol–water partition coefficient (Wildman–Crippen LogP) is 2.87. The highest BCUT2D eigenvalue weighted by Gasteiger charge is 2.38. The zero-order chi connectivity index (χ0) is 13.9. The summed E-state index contributed by atoms with van der Waals surface area (Å²) in [4.78, 5) is 16.8. The Morgan fingerprint density at radius 3 is 3.00 bits per heavy atom. The fourth-order valence-corrected chi connectivity index (χ4v) is 2.98. The molecule has 0 aliphatic carbocycles. The van der Waals surface area contributed by atoms with Crippen molar-refractivity contribution in [2.24, 2.45) is 5.41 Å². The molecule has 0 bridgehead atoms. The van der Waals surface area contributed by atoms with Gasteiger partial charge >= 0.3 is 0 Å². The van der Waals surface area contributed by atoms with Gasteiger partial charge in [-0.15, -0.1) is 0 Å². The van der Waals surface area contributed by atoms with Crippen LogP contribution in [0.1, 0.15) is 31.7 Å². The molecular formula is C14H20BrN3O. The highest BCUT2D eigenvalue weighted by molar-refractivity contribution is 9.10. The van der Waals surface area contributed by atoms with Crippen LogP contribution in [0.15, 0.2) is 16.7 Å². The van der Waals surface area contributed by atoms with Crippen LogP contribution in [-0.4, -0.2) is 24.0 Å². The number of hydrogen-bond donors (Lipinski definition) is 2. The van der Waals surface area contributed by atoms with Gasteiger partial charge in [0, 0.05) is 17.2 Å². The molecule has 0 aromatic carbocycles. The number of anilines is 1. The summed E-state index contributed by atoms with van der Waals surface area (Å²) in [6, 6.07) is 1.96. The van der Waals surface area contributed by atoms with Crippen molar-refractivity contribution in [1.82, 2.24) is 10.3 Å². The standard InChI is InChI=1S/C14H20BrN3O/c1-3-14(5-4-6-16-9-14)13(19)18-12-10(2)7-11(15)8-17-12/h7-8,16H,3-6,9H2,1-2H3,(H,17,18,19). The molecule has 5 heteroatoms. The molecule has 2 heterocycles. The second-order valence-corrected chi connectivity index (χ2v) is 6.10. The molecule has 2 rings (SSSR count). The zero-order valence-electron chi connectivity index (χ0n) is 11.4. The summed E-state index contributed by atoms with van der Waals surface area (Å²) in [5.41, 5.74) is 0.678. The minimum atomic E-state index is -0.292. The number of halogens is 1. The van der Waals surface area contributed by atoms with Crippen LogP contribution in [-0.2, 0) is 4.79 Å². The maximum atomic E-state index is 12.6. The summed E-state index contributed by atoms with van der Waals surface area (Å²) in [6.07, 6.45) is 4.55. The number of carbonyl (C=O) groups excluding carboxylic acids is 1. The summed E-state index contributed by atoms with van der Waals surface area (Å²) in [5.74, 6) is 0.742. The maximum absolute atomic E-state index is 12.6. The van der Waals surface area contributed by atoms with Gasteiger partial charge in [-0.1, -0.05) is 6.92 Å². The van der Waals surface area contributed by atoms with Gasteiger partial charge in [-0.05, 0) is 60.3 Å². The fourth-order valence-electron chi connectivity index (χ4n) is 2.54. The van der Waals surface area contributed by atoms with E-state index in [1.165, 1.54) is 0 Å². The minimum Gasteiger partial charge on any atom is -0.316 e. The second kappa shape index (κ2) is 6.01. The first kappa shape index (κ1) is 14.5. The van der Waals surface area contributed by atoms with Crippen molar-refractivity contribution in [3.8, 4) is 0 Å². The highest BCUT2D eigenvalue weighted by atomic mass is 79.9. The average Bonchev–Trinajstić information content (AvgIpc) is 2.42. The van der Waals surface area contributed by atoms with Crippen LogP contribution in [0.5, 0.6) is 0 Å². The van der Waals surface area contributed by atoms with Gasteiger partial charge < -0.3 is 10.6 Å². The average molecular weight is 326 g/mol. The van der Waals surface area contributed by atoms with Gasteiger partial charge in [0.05, 0.1) is 5.41 Å². The Bertz CT molecular complexity index is 470. The van der Waals surface area contributed by atoms with Gasteiger partial charge in [-0.3, -0.25) is 4.79 Å². The molecule has 1 amide bonds. The van der Waals surface area contributed by atoms with Crippen LogP contribution in [0.4, 0.5) is 5.82 Å². The lowest BCUT2D eigenvalue weighted by atomic mass is 9.77. The van der Waals surface area contributed by atoms with Gasteiger partial charge in [-0.25, -0.2) is 4.98 Å². The lowest BCUT2D eigenvalue weighted by molar-refractivity contribution is -0.126.